The van der Waals surface area contributed by atoms with Gasteiger partial charge in [-0.1, -0.05) is 26.0 Å². The fraction of sp³-hybridized carbons (Fsp3) is 0.588. The van der Waals surface area contributed by atoms with Crippen LogP contribution in [0.3, 0.4) is 0 Å². The van der Waals surface area contributed by atoms with Crippen molar-refractivity contribution in [2.45, 2.75) is 32.6 Å². The van der Waals surface area contributed by atoms with Crippen molar-refractivity contribution in [3.05, 3.63) is 29.8 Å². The zero-order chi connectivity index (χ0) is 15.5. The van der Waals surface area contributed by atoms with Gasteiger partial charge in [-0.25, -0.2) is 0 Å². The topological polar surface area (TPSA) is 55.6 Å². The zero-order valence-electron chi connectivity index (χ0n) is 13.3. The van der Waals surface area contributed by atoms with Gasteiger partial charge in [-0.15, -0.1) is 0 Å². The highest BCUT2D eigenvalue weighted by Gasteiger charge is 2.40. The molecule has 116 valence electrons. The van der Waals surface area contributed by atoms with E-state index in [4.69, 9.17) is 10.5 Å². The molecule has 0 spiro atoms. The van der Waals surface area contributed by atoms with E-state index in [0.717, 1.165) is 5.69 Å². The first-order valence-electron chi connectivity index (χ1n) is 7.66. The Morgan fingerprint density at radius 3 is 2.33 bits per heavy atom. The van der Waals surface area contributed by atoms with E-state index in [1.54, 1.807) is 4.90 Å². The maximum Gasteiger partial charge on any atom is 0.234 e. The fourth-order valence-corrected chi connectivity index (χ4v) is 2.82. The van der Waals surface area contributed by atoms with Gasteiger partial charge in [0.05, 0.1) is 5.41 Å². The number of benzene rings is 1. The van der Waals surface area contributed by atoms with E-state index >= 15 is 0 Å². The van der Waals surface area contributed by atoms with Crippen LogP contribution in [0.1, 0.15) is 38.2 Å². The largest absolute Gasteiger partial charge is 0.381 e. The number of carbonyl (C=O) groups excluding carboxylic acids is 1. The molecule has 0 radical (unpaired) electrons. The lowest BCUT2D eigenvalue weighted by Crippen LogP contribution is -2.49. The molecule has 4 nitrogen and oxygen atoms in total. The quantitative estimate of drug-likeness (QED) is 0.927. The lowest BCUT2D eigenvalue weighted by atomic mass is 9.79. The second kappa shape index (κ2) is 6.58. The molecule has 0 saturated carbocycles. The zero-order valence-corrected chi connectivity index (χ0v) is 13.3. The van der Waals surface area contributed by atoms with Crippen LogP contribution in [0.25, 0.3) is 0 Å². The Morgan fingerprint density at radius 1 is 1.29 bits per heavy atom. The Morgan fingerprint density at radius 2 is 1.86 bits per heavy atom. The van der Waals surface area contributed by atoms with Gasteiger partial charge >= 0.3 is 0 Å². The molecule has 4 heteroatoms. The minimum Gasteiger partial charge on any atom is -0.381 e. The Bertz CT molecular complexity index is 476. The third kappa shape index (κ3) is 3.27. The minimum absolute atomic E-state index is 0.102. The summed E-state index contributed by atoms with van der Waals surface area (Å²) in [7, 11) is 1.83. The molecule has 1 heterocycles. The summed E-state index contributed by atoms with van der Waals surface area (Å²) in [6.45, 7) is 5.93. The molecular formula is C17H26N2O2. The van der Waals surface area contributed by atoms with E-state index in [0.29, 0.717) is 38.5 Å². The van der Waals surface area contributed by atoms with Crippen molar-refractivity contribution in [1.29, 1.82) is 0 Å². The van der Waals surface area contributed by atoms with Gasteiger partial charge in [-0.3, -0.25) is 4.79 Å². The van der Waals surface area contributed by atoms with Crippen molar-refractivity contribution in [1.82, 2.24) is 0 Å². The van der Waals surface area contributed by atoms with E-state index in [1.807, 2.05) is 19.2 Å². The van der Waals surface area contributed by atoms with Gasteiger partial charge in [-0.2, -0.15) is 0 Å². The minimum atomic E-state index is -0.469. The van der Waals surface area contributed by atoms with E-state index in [-0.39, 0.29) is 5.91 Å². The molecule has 1 saturated heterocycles. The highest BCUT2D eigenvalue weighted by molar-refractivity contribution is 5.97. The summed E-state index contributed by atoms with van der Waals surface area (Å²) in [4.78, 5) is 14.6. The number of rotatable bonds is 4. The highest BCUT2D eigenvalue weighted by Crippen LogP contribution is 2.33. The number of hydrogen-bond acceptors (Lipinski definition) is 3. The fourth-order valence-electron chi connectivity index (χ4n) is 2.82. The Balaban J connectivity index is 2.17. The Labute approximate surface area is 127 Å². The summed E-state index contributed by atoms with van der Waals surface area (Å²) in [6, 6.07) is 8.19. The molecule has 0 bridgehead atoms. The monoisotopic (exact) mass is 290 g/mol. The summed E-state index contributed by atoms with van der Waals surface area (Å²) < 4.78 is 5.38. The Hall–Kier alpha value is -1.39. The molecule has 0 atom stereocenters. The van der Waals surface area contributed by atoms with Crippen LogP contribution in [0, 0.1) is 5.41 Å². The lowest BCUT2D eigenvalue weighted by molar-refractivity contribution is -0.132. The Kier molecular flexibility index (Phi) is 5.01. The number of hydrogen-bond donors (Lipinski definition) is 1. The van der Waals surface area contributed by atoms with Crippen LogP contribution in [-0.4, -0.2) is 32.7 Å². The third-order valence-electron chi connectivity index (χ3n) is 4.55. The average Bonchev–Trinajstić information content (AvgIpc) is 2.54. The van der Waals surface area contributed by atoms with Crippen LogP contribution in [0.4, 0.5) is 5.69 Å². The van der Waals surface area contributed by atoms with Crippen molar-refractivity contribution >= 4 is 11.6 Å². The van der Waals surface area contributed by atoms with Crippen LogP contribution < -0.4 is 10.6 Å². The van der Waals surface area contributed by atoms with E-state index in [2.05, 4.69) is 26.0 Å². The summed E-state index contributed by atoms with van der Waals surface area (Å²) in [6.07, 6.45) is 1.41. The number of anilines is 1. The van der Waals surface area contributed by atoms with Crippen molar-refractivity contribution in [2.24, 2.45) is 11.1 Å². The molecule has 1 aliphatic heterocycles. The molecule has 21 heavy (non-hydrogen) atoms. The predicted octanol–water partition coefficient (Wildman–Crippen LogP) is 2.53. The lowest BCUT2D eigenvalue weighted by Gasteiger charge is -2.37. The number of carbonyl (C=O) groups is 1. The second-order valence-electron chi connectivity index (χ2n) is 6.21. The predicted molar refractivity (Wildman–Crippen MR) is 85.5 cm³/mol. The molecule has 1 amide bonds. The van der Waals surface area contributed by atoms with Crippen LogP contribution >= 0.6 is 0 Å². The SMILES string of the molecule is CC(C)c1ccc(N(C)C(=O)C2(CN)CCOCC2)cc1. The van der Waals surface area contributed by atoms with E-state index in [1.165, 1.54) is 5.56 Å². The summed E-state index contributed by atoms with van der Waals surface area (Å²) in [5.74, 6) is 0.594. The summed E-state index contributed by atoms with van der Waals surface area (Å²) >= 11 is 0. The molecule has 1 fully saturated rings. The van der Waals surface area contributed by atoms with Crippen LogP contribution in [0.15, 0.2) is 24.3 Å². The average molecular weight is 290 g/mol. The molecule has 2 rings (SSSR count). The van der Waals surface area contributed by atoms with Crippen LogP contribution in [0.2, 0.25) is 0 Å². The normalized spacial score (nSPS) is 17.8. The number of nitrogens with zero attached hydrogens (tertiary/aromatic N) is 1. The molecule has 1 aliphatic rings. The van der Waals surface area contributed by atoms with Gasteiger partial charge in [0.1, 0.15) is 0 Å². The molecule has 0 aliphatic carbocycles. The van der Waals surface area contributed by atoms with Gasteiger partial charge < -0.3 is 15.4 Å². The highest BCUT2D eigenvalue weighted by atomic mass is 16.5. The van der Waals surface area contributed by atoms with Gasteiger partial charge in [0.15, 0.2) is 0 Å². The first kappa shape index (κ1) is 16.0. The number of ether oxygens (including phenoxy) is 1. The molecule has 0 aromatic heterocycles. The number of amides is 1. The van der Waals surface area contributed by atoms with E-state index in [9.17, 15) is 4.79 Å². The smallest absolute Gasteiger partial charge is 0.234 e. The van der Waals surface area contributed by atoms with Gasteiger partial charge in [0, 0.05) is 32.5 Å². The van der Waals surface area contributed by atoms with Crippen molar-refractivity contribution in [2.75, 3.05) is 31.7 Å². The van der Waals surface area contributed by atoms with Crippen LogP contribution in [0.5, 0.6) is 0 Å². The maximum atomic E-state index is 12.9. The molecule has 1 aromatic carbocycles. The molecule has 2 N–H and O–H groups in total. The van der Waals surface area contributed by atoms with Crippen molar-refractivity contribution in [3.8, 4) is 0 Å². The molecular weight excluding hydrogens is 264 g/mol. The van der Waals surface area contributed by atoms with Gasteiger partial charge in [-0.05, 0) is 36.5 Å². The maximum absolute atomic E-state index is 12.9. The van der Waals surface area contributed by atoms with Crippen molar-refractivity contribution in [3.63, 3.8) is 0 Å². The van der Waals surface area contributed by atoms with Crippen LogP contribution in [-0.2, 0) is 9.53 Å². The standard InChI is InChI=1S/C17H26N2O2/c1-13(2)14-4-6-15(7-5-14)19(3)16(20)17(12-18)8-10-21-11-9-17/h4-7,13H,8-12,18H2,1-3H3. The van der Waals surface area contributed by atoms with E-state index < -0.39 is 5.41 Å². The molecule has 1 aromatic rings. The van der Waals surface area contributed by atoms with Gasteiger partial charge in [0.2, 0.25) is 5.91 Å². The summed E-state index contributed by atoms with van der Waals surface area (Å²) in [5, 5.41) is 0. The van der Waals surface area contributed by atoms with Gasteiger partial charge in [0.25, 0.3) is 0 Å². The molecule has 0 unspecified atom stereocenters. The number of nitrogens with two attached hydrogens (primary N) is 1. The second-order valence-corrected chi connectivity index (χ2v) is 6.21. The summed E-state index contributed by atoms with van der Waals surface area (Å²) in [5.41, 5.74) is 7.64. The third-order valence-corrected chi connectivity index (χ3v) is 4.55. The first-order chi connectivity index (χ1) is 10.00. The first-order valence-corrected chi connectivity index (χ1v) is 7.66. The van der Waals surface area contributed by atoms with Crippen molar-refractivity contribution < 1.29 is 9.53 Å².